The first kappa shape index (κ1) is 8.28. The van der Waals surface area contributed by atoms with E-state index in [1.54, 1.807) is 0 Å². The summed E-state index contributed by atoms with van der Waals surface area (Å²) in [7, 11) is 0. The number of hydrogen-bond donors (Lipinski definition) is 1. The van der Waals surface area contributed by atoms with Gasteiger partial charge in [0.15, 0.2) is 0 Å². The average molecular weight is 149 g/mol. The highest BCUT2D eigenvalue weighted by Gasteiger charge is 2.03. The van der Waals surface area contributed by atoms with E-state index in [2.05, 4.69) is 6.92 Å². The molecule has 1 nitrogen and oxygen atoms in total. The molecule has 59 valence electrons. The smallest absolute Gasteiger partial charge is 0.0790 e. The molecule has 0 aliphatic carbocycles. The second kappa shape index (κ2) is 4.14. The first-order valence-corrected chi connectivity index (χ1v) is 3.87. The van der Waals surface area contributed by atoms with Gasteiger partial charge in [-0.15, -0.1) is 0 Å². The zero-order valence-electron chi connectivity index (χ0n) is 6.53. The fourth-order valence-electron chi connectivity index (χ4n) is 1.04. The molecule has 0 aromatic heterocycles. The Balaban J connectivity index is 2.61. The van der Waals surface area contributed by atoms with Crippen molar-refractivity contribution in [3.05, 3.63) is 42.8 Å². The molecule has 1 radical (unpaired) electrons. The van der Waals surface area contributed by atoms with Gasteiger partial charge in [-0.25, -0.2) is 0 Å². The van der Waals surface area contributed by atoms with Gasteiger partial charge in [0.25, 0.3) is 0 Å². The largest absolute Gasteiger partial charge is 0.388 e. The third-order valence-corrected chi connectivity index (χ3v) is 1.66. The summed E-state index contributed by atoms with van der Waals surface area (Å²) in [5.41, 5.74) is 0.983. The van der Waals surface area contributed by atoms with Gasteiger partial charge in [0.1, 0.15) is 0 Å². The fourth-order valence-corrected chi connectivity index (χ4v) is 1.04. The summed E-state index contributed by atoms with van der Waals surface area (Å²) >= 11 is 0. The van der Waals surface area contributed by atoms with Crippen molar-refractivity contribution in [3.8, 4) is 0 Å². The van der Waals surface area contributed by atoms with E-state index in [1.807, 2.05) is 30.3 Å². The lowest BCUT2D eigenvalue weighted by molar-refractivity contribution is 0.168. The van der Waals surface area contributed by atoms with E-state index in [9.17, 15) is 5.11 Å². The molecule has 0 unspecified atom stereocenters. The van der Waals surface area contributed by atoms with Crippen LogP contribution in [0, 0.1) is 6.92 Å². The monoisotopic (exact) mass is 149 g/mol. The van der Waals surface area contributed by atoms with Crippen LogP contribution in [0.25, 0.3) is 0 Å². The molecule has 1 heteroatoms. The van der Waals surface area contributed by atoms with Crippen LogP contribution in [0.2, 0.25) is 0 Å². The van der Waals surface area contributed by atoms with E-state index in [-0.39, 0.29) is 6.10 Å². The number of benzene rings is 1. The summed E-state index contributed by atoms with van der Waals surface area (Å²) in [5, 5.41) is 9.48. The van der Waals surface area contributed by atoms with Gasteiger partial charge in [0, 0.05) is 0 Å². The highest BCUT2D eigenvalue weighted by molar-refractivity contribution is 5.16. The molecule has 0 heterocycles. The van der Waals surface area contributed by atoms with Crippen LogP contribution < -0.4 is 0 Å². The van der Waals surface area contributed by atoms with Crippen LogP contribution in [0.5, 0.6) is 0 Å². The second-order valence-electron chi connectivity index (χ2n) is 2.57. The van der Waals surface area contributed by atoms with Crippen LogP contribution in [-0.4, -0.2) is 5.11 Å². The van der Waals surface area contributed by atoms with E-state index in [4.69, 9.17) is 0 Å². The molecule has 0 saturated carbocycles. The highest BCUT2D eigenvalue weighted by Crippen LogP contribution is 2.16. The van der Waals surface area contributed by atoms with Crippen LogP contribution in [-0.2, 0) is 0 Å². The maximum Gasteiger partial charge on any atom is 0.0790 e. The average Bonchev–Trinajstić information content (AvgIpc) is 2.07. The van der Waals surface area contributed by atoms with Gasteiger partial charge in [-0.05, 0) is 12.0 Å². The first-order chi connectivity index (χ1) is 5.34. The number of aliphatic hydroxyl groups excluding tert-OH is 1. The van der Waals surface area contributed by atoms with Crippen molar-refractivity contribution in [3.63, 3.8) is 0 Å². The van der Waals surface area contributed by atoms with E-state index in [0.717, 1.165) is 18.4 Å². The van der Waals surface area contributed by atoms with Crippen molar-refractivity contribution >= 4 is 0 Å². The van der Waals surface area contributed by atoms with Gasteiger partial charge in [-0.1, -0.05) is 43.7 Å². The van der Waals surface area contributed by atoms with Crippen LogP contribution >= 0.6 is 0 Å². The van der Waals surface area contributed by atoms with Gasteiger partial charge < -0.3 is 5.11 Å². The Labute approximate surface area is 67.7 Å². The minimum absolute atomic E-state index is 0.339. The van der Waals surface area contributed by atoms with Crippen LogP contribution in [0.1, 0.15) is 24.5 Å². The Morgan fingerprint density at radius 1 is 1.27 bits per heavy atom. The Bertz CT molecular complexity index is 193. The lowest BCUT2D eigenvalue weighted by atomic mass is 10.1. The maximum atomic E-state index is 9.48. The molecule has 0 saturated heterocycles. The lowest BCUT2D eigenvalue weighted by Crippen LogP contribution is -1.95. The van der Waals surface area contributed by atoms with Gasteiger partial charge in [0.05, 0.1) is 6.10 Å². The molecule has 0 fully saturated rings. The standard InChI is InChI=1S/C10H13O/c1-2-6-10(11)9-7-4-3-5-8-9/h3-5,7-8,10-11H,1-2,6H2/t10-/m1/s1. The first-order valence-electron chi connectivity index (χ1n) is 3.87. The normalized spacial score (nSPS) is 12.9. The number of aliphatic hydroxyl groups is 1. The Hall–Kier alpha value is -0.820. The van der Waals surface area contributed by atoms with Gasteiger partial charge in [0.2, 0.25) is 0 Å². The van der Waals surface area contributed by atoms with E-state index in [1.165, 1.54) is 0 Å². The second-order valence-corrected chi connectivity index (χ2v) is 2.57. The molecule has 0 aliphatic heterocycles. The third kappa shape index (κ3) is 2.35. The summed E-state index contributed by atoms with van der Waals surface area (Å²) in [5.74, 6) is 0. The Kier molecular flexibility index (Phi) is 3.12. The summed E-state index contributed by atoms with van der Waals surface area (Å²) in [6.07, 6.45) is 1.17. The number of hydrogen-bond acceptors (Lipinski definition) is 1. The van der Waals surface area contributed by atoms with Crippen molar-refractivity contribution in [1.82, 2.24) is 0 Å². The lowest BCUT2D eigenvalue weighted by Gasteiger charge is -2.07. The molecular weight excluding hydrogens is 136 g/mol. The van der Waals surface area contributed by atoms with Crippen molar-refractivity contribution in [1.29, 1.82) is 0 Å². The fraction of sp³-hybridized carbons (Fsp3) is 0.300. The van der Waals surface area contributed by atoms with Gasteiger partial charge in [-0.3, -0.25) is 0 Å². The zero-order valence-corrected chi connectivity index (χ0v) is 6.53. The Morgan fingerprint density at radius 2 is 1.91 bits per heavy atom. The van der Waals surface area contributed by atoms with Crippen molar-refractivity contribution in [2.75, 3.05) is 0 Å². The molecule has 0 bridgehead atoms. The summed E-state index contributed by atoms with van der Waals surface area (Å²) in [6.45, 7) is 3.69. The molecule has 1 aromatic rings. The Morgan fingerprint density at radius 3 is 2.45 bits per heavy atom. The minimum atomic E-state index is -0.339. The van der Waals surface area contributed by atoms with E-state index in [0.29, 0.717) is 0 Å². The topological polar surface area (TPSA) is 20.2 Å². The quantitative estimate of drug-likeness (QED) is 0.699. The number of rotatable bonds is 3. The van der Waals surface area contributed by atoms with Crippen molar-refractivity contribution < 1.29 is 5.11 Å². The molecule has 11 heavy (non-hydrogen) atoms. The molecule has 1 N–H and O–H groups in total. The predicted octanol–water partition coefficient (Wildman–Crippen LogP) is 2.33. The molecule has 0 spiro atoms. The third-order valence-electron chi connectivity index (χ3n) is 1.66. The van der Waals surface area contributed by atoms with Crippen molar-refractivity contribution in [2.45, 2.75) is 18.9 Å². The summed E-state index contributed by atoms with van der Waals surface area (Å²) < 4.78 is 0. The summed E-state index contributed by atoms with van der Waals surface area (Å²) in [6, 6.07) is 9.67. The highest BCUT2D eigenvalue weighted by atomic mass is 16.3. The molecule has 1 atom stereocenters. The van der Waals surface area contributed by atoms with Crippen molar-refractivity contribution in [2.24, 2.45) is 0 Å². The van der Waals surface area contributed by atoms with Crippen LogP contribution in [0.3, 0.4) is 0 Å². The van der Waals surface area contributed by atoms with Gasteiger partial charge in [-0.2, -0.15) is 0 Å². The SMILES string of the molecule is [CH2]CC[C@@H](O)c1ccccc1. The molecule has 1 aromatic carbocycles. The molecule has 0 aliphatic rings. The van der Waals surface area contributed by atoms with E-state index >= 15 is 0 Å². The maximum absolute atomic E-state index is 9.48. The molecule has 1 rings (SSSR count). The van der Waals surface area contributed by atoms with E-state index < -0.39 is 0 Å². The summed E-state index contributed by atoms with van der Waals surface area (Å²) in [4.78, 5) is 0. The van der Waals surface area contributed by atoms with Crippen LogP contribution in [0.4, 0.5) is 0 Å². The minimum Gasteiger partial charge on any atom is -0.388 e. The molecule has 0 amide bonds. The zero-order chi connectivity index (χ0) is 8.10. The van der Waals surface area contributed by atoms with Gasteiger partial charge >= 0.3 is 0 Å². The predicted molar refractivity (Wildman–Crippen MR) is 46.0 cm³/mol. The van der Waals surface area contributed by atoms with Crippen LogP contribution in [0.15, 0.2) is 30.3 Å². The molecular formula is C10H13O.